The first-order chi connectivity index (χ1) is 9.02. The van der Waals surface area contributed by atoms with Crippen molar-refractivity contribution in [2.75, 3.05) is 4.90 Å². The highest BCUT2D eigenvalue weighted by molar-refractivity contribution is 5.59. The molecule has 0 amide bonds. The summed E-state index contributed by atoms with van der Waals surface area (Å²) in [4.78, 5) is 19.1. The van der Waals surface area contributed by atoms with Crippen molar-refractivity contribution in [3.63, 3.8) is 0 Å². The second kappa shape index (κ2) is 5.75. The first kappa shape index (κ1) is 13.6. The third kappa shape index (κ3) is 2.81. The Labute approximate surface area is 106 Å². The molecule has 0 aliphatic rings. The van der Waals surface area contributed by atoms with E-state index in [0.717, 1.165) is 0 Å². The second-order valence-electron chi connectivity index (χ2n) is 3.07. The number of anilines is 1. The monoisotopic (exact) mass is 259 g/mol. The molecule has 9 nitrogen and oxygen atoms in total. The van der Waals surface area contributed by atoms with Crippen molar-refractivity contribution in [3.05, 3.63) is 62.1 Å². The van der Waals surface area contributed by atoms with Crippen LogP contribution in [0.3, 0.4) is 0 Å². The Balaban J connectivity index is 3.49. The van der Waals surface area contributed by atoms with Crippen molar-refractivity contribution >= 4 is 5.69 Å². The SMILES string of the molecule is N#CC(=C([N+](=O)[O-])[N+](=O)[O-])N(C#N)c1ccccc1. The van der Waals surface area contributed by atoms with Crippen molar-refractivity contribution in [1.82, 2.24) is 0 Å². The lowest BCUT2D eigenvalue weighted by molar-refractivity contribution is -0.617. The third-order valence-electron chi connectivity index (χ3n) is 2.00. The molecule has 1 aromatic rings. The van der Waals surface area contributed by atoms with Gasteiger partial charge in [-0.3, -0.25) is 20.2 Å². The molecule has 0 spiro atoms. The first-order valence-electron chi connectivity index (χ1n) is 4.71. The Bertz CT molecular complexity index is 610. The highest BCUT2D eigenvalue weighted by Gasteiger charge is 2.36. The smallest absolute Gasteiger partial charge is 0.253 e. The first-order valence-corrected chi connectivity index (χ1v) is 4.71. The fourth-order valence-electron chi connectivity index (χ4n) is 1.25. The Morgan fingerprint density at radius 2 is 1.63 bits per heavy atom. The molecular formula is C10H5N5O4. The summed E-state index contributed by atoms with van der Waals surface area (Å²) in [5.74, 6) is -1.55. The van der Waals surface area contributed by atoms with Crippen molar-refractivity contribution in [3.8, 4) is 12.3 Å². The van der Waals surface area contributed by atoms with Gasteiger partial charge in [0, 0.05) is 0 Å². The van der Waals surface area contributed by atoms with Crippen LogP contribution in [-0.2, 0) is 0 Å². The maximum atomic E-state index is 10.6. The lowest BCUT2D eigenvalue weighted by Crippen LogP contribution is -2.23. The minimum Gasteiger partial charge on any atom is -0.253 e. The maximum Gasteiger partial charge on any atom is 0.594 e. The summed E-state index contributed by atoms with van der Waals surface area (Å²) in [6.45, 7) is 0. The quantitative estimate of drug-likeness (QED) is 0.260. The van der Waals surface area contributed by atoms with Gasteiger partial charge in [-0.1, -0.05) is 18.2 Å². The van der Waals surface area contributed by atoms with Gasteiger partial charge in [-0.15, -0.1) is 0 Å². The van der Waals surface area contributed by atoms with Crippen LogP contribution in [0.5, 0.6) is 0 Å². The number of nitro groups is 2. The van der Waals surface area contributed by atoms with Crippen LogP contribution < -0.4 is 4.90 Å². The number of nitriles is 2. The fraction of sp³-hybridized carbons (Fsp3) is 0. The van der Waals surface area contributed by atoms with Crippen LogP contribution in [0.15, 0.2) is 41.8 Å². The van der Waals surface area contributed by atoms with Crippen molar-refractivity contribution in [1.29, 1.82) is 10.5 Å². The van der Waals surface area contributed by atoms with E-state index in [1.165, 1.54) is 36.5 Å². The maximum absolute atomic E-state index is 10.6. The van der Waals surface area contributed by atoms with Gasteiger partial charge in [0.25, 0.3) is 5.70 Å². The molecule has 0 heterocycles. The Hall–Kier alpha value is -3.46. The van der Waals surface area contributed by atoms with E-state index in [0.29, 0.717) is 4.90 Å². The van der Waals surface area contributed by atoms with Gasteiger partial charge in [-0.2, -0.15) is 10.5 Å². The minimum absolute atomic E-state index is 0.114. The summed E-state index contributed by atoms with van der Waals surface area (Å²) in [7, 11) is 0. The van der Waals surface area contributed by atoms with Crippen LogP contribution in [0.4, 0.5) is 5.69 Å². The molecule has 0 saturated carbocycles. The van der Waals surface area contributed by atoms with E-state index in [2.05, 4.69) is 0 Å². The molecule has 19 heavy (non-hydrogen) atoms. The van der Waals surface area contributed by atoms with Gasteiger partial charge in [0.15, 0.2) is 6.19 Å². The summed E-state index contributed by atoms with van der Waals surface area (Å²) in [5.41, 5.74) is -0.841. The molecule has 0 fully saturated rings. The molecule has 0 aliphatic heterocycles. The van der Waals surface area contributed by atoms with Gasteiger partial charge in [0.2, 0.25) is 0 Å². The molecule has 1 aromatic carbocycles. The van der Waals surface area contributed by atoms with Gasteiger partial charge < -0.3 is 0 Å². The number of allylic oxidation sites excluding steroid dienone is 1. The number of nitrogens with zero attached hydrogens (tertiary/aromatic N) is 5. The molecular weight excluding hydrogens is 254 g/mol. The van der Waals surface area contributed by atoms with Gasteiger partial charge in [0.1, 0.15) is 15.9 Å². The van der Waals surface area contributed by atoms with Crippen molar-refractivity contribution < 1.29 is 9.85 Å². The zero-order valence-corrected chi connectivity index (χ0v) is 9.26. The molecule has 0 radical (unpaired) electrons. The molecule has 1 rings (SSSR count). The fourth-order valence-corrected chi connectivity index (χ4v) is 1.25. The lowest BCUT2D eigenvalue weighted by Gasteiger charge is -2.10. The van der Waals surface area contributed by atoms with Crippen LogP contribution >= 0.6 is 0 Å². The predicted octanol–water partition coefficient (Wildman–Crippen LogP) is 1.22. The van der Waals surface area contributed by atoms with Crippen LogP contribution in [0.2, 0.25) is 0 Å². The van der Waals surface area contributed by atoms with E-state index in [1.807, 2.05) is 0 Å². The molecule has 0 aromatic heterocycles. The summed E-state index contributed by atoms with van der Waals surface area (Å²) >= 11 is 0. The topological polar surface area (TPSA) is 137 Å². The van der Waals surface area contributed by atoms with Gasteiger partial charge in [-0.25, -0.2) is 4.90 Å². The van der Waals surface area contributed by atoms with Crippen LogP contribution in [0.25, 0.3) is 0 Å². The van der Waals surface area contributed by atoms with E-state index >= 15 is 0 Å². The Morgan fingerprint density at radius 3 is 2.00 bits per heavy atom. The average Bonchev–Trinajstić information content (AvgIpc) is 2.38. The summed E-state index contributed by atoms with van der Waals surface area (Å²) in [6.07, 6.45) is 1.50. The normalized spacial score (nSPS) is 8.74. The highest BCUT2D eigenvalue weighted by atomic mass is 16.7. The average molecular weight is 259 g/mol. The number of rotatable bonds is 4. The van der Waals surface area contributed by atoms with Gasteiger partial charge >= 0.3 is 5.82 Å². The van der Waals surface area contributed by atoms with E-state index in [9.17, 15) is 20.2 Å². The van der Waals surface area contributed by atoms with E-state index < -0.39 is 21.4 Å². The van der Waals surface area contributed by atoms with E-state index in [-0.39, 0.29) is 5.69 Å². The van der Waals surface area contributed by atoms with Crippen molar-refractivity contribution in [2.24, 2.45) is 0 Å². The molecule has 0 bridgehead atoms. The highest BCUT2D eigenvalue weighted by Crippen LogP contribution is 2.20. The number of hydrogen-bond donors (Lipinski definition) is 0. The van der Waals surface area contributed by atoms with Gasteiger partial charge in [-0.05, 0) is 12.1 Å². The third-order valence-corrected chi connectivity index (χ3v) is 2.00. The minimum atomic E-state index is -1.55. The second-order valence-corrected chi connectivity index (χ2v) is 3.07. The zero-order valence-electron chi connectivity index (χ0n) is 9.26. The number of para-hydroxylation sites is 1. The Kier molecular flexibility index (Phi) is 4.11. The summed E-state index contributed by atoms with van der Waals surface area (Å²) < 4.78 is 0. The molecule has 0 atom stereocenters. The van der Waals surface area contributed by atoms with Gasteiger partial charge in [0.05, 0.1) is 5.69 Å². The Morgan fingerprint density at radius 1 is 1.11 bits per heavy atom. The summed E-state index contributed by atoms with van der Waals surface area (Å²) in [5, 5.41) is 39.0. The van der Waals surface area contributed by atoms with Crippen LogP contribution in [0, 0.1) is 43.0 Å². The lowest BCUT2D eigenvalue weighted by atomic mass is 10.2. The van der Waals surface area contributed by atoms with E-state index in [1.54, 1.807) is 6.07 Å². The molecule has 0 saturated heterocycles. The molecule has 9 heteroatoms. The standard InChI is InChI=1S/C10H5N5O4/c11-6-9(10(14(16)17)15(18)19)13(7-12)8-4-2-1-3-5-8/h1-5H. The number of hydrogen-bond acceptors (Lipinski definition) is 7. The molecule has 0 unspecified atom stereocenters. The molecule has 0 aliphatic carbocycles. The van der Waals surface area contributed by atoms with Crippen LogP contribution in [-0.4, -0.2) is 9.85 Å². The largest absolute Gasteiger partial charge is 0.594 e. The van der Waals surface area contributed by atoms with Crippen LogP contribution in [0.1, 0.15) is 0 Å². The summed E-state index contributed by atoms with van der Waals surface area (Å²) in [6, 6.07) is 8.75. The van der Waals surface area contributed by atoms with Crippen molar-refractivity contribution in [2.45, 2.75) is 0 Å². The van der Waals surface area contributed by atoms with E-state index in [4.69, 9.17) is 10.5 Å². The predicted molar refractivity (Wildman–Crippen MR) is 61.2 cm³/mol. The molecule has 94 valence electrons. The molecule has 0 N–H and O–H groups in total. The zero-order chi connectivity index (χ0) is 14.4. The number of benzene rings is 1.